The second kappa shape index (κ2) is 7.53. The van der Waals surface area contributed by atoms with Crippen molar-refractivity contribution >= 4 is 17.3 Å². The molecular weight excluding hydrogens is 262 g/mol. The molecule has 19 heavy (non-hydrogen) atoms. The van der Waals surface area contributed by atoms with Gasteiger partial charge in [0, 0.05) is 12.6 Å². The summed E-state index contributed by atoms with van der Waals surface area (Å²) in [7, 11) is 0. The SMILES string of the molecule is CCn1ncc(NC(C)CCCC(C)C)c(Cl)c1=O. The Morgan fingerprint density at radius 1 is 1.37 bits per heavy atom. The second-order valence-corrected chi connectivity index (χ2v) is 5.74. The average molecular weight is 286 g/mol. The van der Waals surface area contributed by atoms with Crippen LogP contribution >= 0.6 is 11.6 Å². The molecule has 1 unspecified atom stereocenters. The second-order valence-electron chi connectivity index (χ2n) is 5.36. The van der Waals surface area contributed by atoms with Crippen LogP contribution in [0.1, 0.15) is 47.0 Å². The highest BCUT2D eigenvalue weighted by Crippen LogP contribution is 2.18. The molecule has 1 aromatic heterocycles. The Labute approximate surface area is 120 Å². The van der Waals surface area contributed by atoms with E-state index in [1.165, 1.54) is 17.5 Å². The van der Waals surface area contributed by atoms with Gasteiger partial charge in [-0.25, -0.2) is 4.68 Å². The number of anilines is 1. The molecule has 5 heteroatoms. The fourth-order valence-electron chi connectivity index (χ4n) is 1.96. The molecule has 0 spiro atoms. The highest BCUT2D eigenvalue weighted by Gasteiger charge is 2.10. The fraction of sp³-hybridized carbons (Fsp3) is 0.714. The predicted molar refractivity (Wildman–Crippen MR) is 81.0 cm³/mol. The van der Waals surface area contributed by atoms with Crippen LogP contribution in [0, 0.1) is 5.92 Å². The van der Waals surface area contributed by atoms with Crippen molar-refractivity contribution < 1.29 is 0 Å². The number of nitrogens with one attached hydrogen (secondary N) is 1. The van der Waals surface area contributed by atoms with E-state index >= 15 is 0 Å². The largest absolute Gasteiger partial charge is 0.380 e. The fourth-order valence-corrected chi connectivity index (χ4v) is 2.16. The summed E-state index contributed by atoms with van der Waals surface area (Å²) in [5.41, 5.74) is 0.400. The van der Waals surface area contributed by atoms with Crippen molar-refractivity contribution in [1.29, 1.82) is 0 Å². The summed E-state index contributed by atoms with van der Waals surface area (Å²) in [6, 6.07) is 0.287. The molecule has 108 valence electrons. The molecule has 0 aliphatic heterocycles. The smallest absolute Gasteiger partial charge is 0.287 e. The molecule has 4 nitrogen and oxygen atoms in total. The highest BCUT2D eigenvalue weighted by molar-refractivity contribution is 6.32. The molecule has 1 aromatic rings. The van der Waals surface area contributed by atoms with E-state index < -0.39 is 0 Å². The van der Waals surface area contributed by atoms with Crippen LogP contribution in [0.3, 0.4) is 0 Å². The summed E-state index contributed by atoms with van der Waals surface area (Å²) in [6.45, 7) is 8.95. The lowest BCUT2D eigenvalue weighted by Gasteiger charge is -2.16. The number of aryl methyl sites for hydroxylation is 1. The lowest BCUT2D eigenvalue weighted by molar-refractivity contribution is 0.520. The van der Waals surface area contributed by atoms with Crippen LogP contribution in [0.2, 0.25) is 5.02 Å². The summed E-state index contributed by atoms with van der Waals surface area (Å²) in [5, 5.41) is 7.57. The van der Waals surface area contributed by atoms with Crippen molar-refractivity contribution in [2.24, 2.45) is 5.92 Å². The van der Waals surface area contributed by atoms with Crippen LogP contribution < -0.4 is 10.9 Å². The number of hydrogen-bond acceptors (Lipinski definition) is 3. The Balaban J connectivity index is 2.62. The Hall–Kier alpha value is -1.03. The van der Waals surface area contributed by atoms with Gasteiger partial charge in [0.25, 0.3) is 5.56 Å². The minimum absolute atomic E-state index is 0.229. The first-order chi connectivity index (χ1) is 8.95. The van der Waals surface area contributed by atoms with E-state index in [9.17, 15) is 4.79 Å². The normalized spacial score (nSPS) is 12.7. The molecule has 0 saturated carbocycles. The Kier molecular flexibility index (Phi) is 6.35. The maximum absolute atomic E-state index is 11.8. The number of halogens is 1. The highest BCUT2D eigenvalue weighted by atomic mass is 35.5. The van der Waals surface area contributed by atoms with Crippen LogP contribution in [0.25, 0.3) is 0 Å². The van der Waals surface area contributed by atoms with Crippen LogP contribution in [0.15, 0.2) is 11.0 Å². The van der Waals surface area contributed by atoms with Gasteiger partial charge in [0.2, 0.25) is 0 Å². The van der Waals surface area contributed by atoms with E-state index in [4.69, 9.17) is 11.6 Å². The zero-order valence-electron chi connectivity index (χ0n) is 12.2. The van der Waals surface area contributed by atoms with Crippen molar-refractivity contribution in [3.63, 3.8) is 0 Å². The van der Waals surface area contributed by atoms with Gasteiger partial charge in [0.05, 0.1) is 11.9 Å². The van der Waals surface area contributed by atoms with Gasteiger partial charge in [0.15, 0.2) is 0 Å². The molecule has 0 aliphatic rings. The number of hydrogen-bond donors (Lipinski definition) is 1. The van der Waals surface area contributed by atoms with E-state index in [0.29, 0.717) is 12.2 Å². The third kappa shape index (κ3) is 4.86. The number of nitrogens with zero attached hydrogens (tertiary/aromatic N) is 2. The molecule has 0 bridgehead atoms. The van der Waals surface area contributed by atoms with E-state index in [1.54, 1.807) is 6.20 Å². The van der Waals surface area contributed by atoms with Gasteiger partial charge in [-0.2, -0.15) is 5.10 Å². The molecular formula is C14H24ClN3O. The standard InChI is InChI=1S/C14H24ClN3O/c1-5-18-14(19)13(15)12(9-16-18)17-11(4)8-6-7-10(2)3/h9-11,17H,5-8H2,1-4H3. The minimum atomic E-state index is -0.233. The molecule has 0 aromatic carbocycles. The summed E-state index contributed by atoms with van der Waals surface area (Å²) < 4.78 is 1.36. The zero-order chi connectivity index (χ0) is 14.4. The van der Waals surface area contributed by atoms with Crippen LogP contribution in [-0.4, -0.2) is 15.8 Å². The van der Waals surface area contributed by atoms with Crippen LogP contribution in [0.5, 0.6) is 0 Å². The maximum Gasteiger partial charge on any atom is 0.287 e. The van der Waals surface area contributed by atoms with Crippen molar-refractivity contribution in [2.45, 2.75) is 59.5 Å². The molecule has 0 radical (unpaired) electrons. The molecule has 0 fully saturated rings. The Morgan fingerprint density at radius 2 is 2.05 bits per heavy atom. The Morgan fingerprint density at radius 3 is 2.63 bits per heavy atom. The molecule has 1 N–H and O–H groups in total. The van der Waals surface area contributed by atoms with E-state index in [-0.39, 0.29) is 16.6 Å². The minimum Gasteiger partial charge on any atom is -0.380 e. The van der Waals surface area contributed by atoms with Gasteiger partial charge < -0.3 is 5.32 Å². The third-order valence-corrected chi connectivity index (χ3v) is 3.47. The number of rotatable bonds is 7. The van der Waals surface area contributed by atoms with Crippen LogP contribution in [-0.2, 0) is 6.54 Å². The van der Waals surface area contributed by atoms with Gasteiger partial charge in [-0.05, 0) is 26.2 Å². The Bertz CT molecular complexity index is 456. The summed E-state index contributed by atoms with van der Waals surface area (Å²) in [4.78, 5) is 11.8. The molecule has 0 amide bonds. The molecule has 1 atom stereocenters. The molecule has 0 aliphatic carbocycles. The lowest BCUT2D eigenvalue weighted by Crippen LogP contribution is -2.25. The summed E-state index contributed by atoms with van der Waals surface area (Å²) in [6.07, 6.45) is 5.08. The van der Waals surface area contributed by atoms with E-state index in [1.807, 2.05) is 6.92 Å². The summed E-state index contributed by atoms with van der Waals surface area (Å²) >= 11 is 6.07. The first kappa shape index (κ1) is 16.0. The van der Waals surface area contributed by atoms with Gasteiger partial charge in [-0.3, -0.25) is 4.79 Å². The lowest BCUT2D eigenvalue weighted by atomic mass is 10.0. The summed E-state index contributed by atoms with van der Waals surface area (Å²) in [5.74, 6) is 0.728. The molecule has 1 rings (SSSR count). The van der Waals surface area contributed by atoms with E-state index in [0.717, 1.165) is 12.3 Å². The van der Waals surface area contributed by atoms with Gasteiger partial charge in [-0.15, -0.1) is 0 Å². The van der Waals surface area contributed by atoms with E-state index in [2.05, 4.69) is 31.2 Å². The van der Waals surface area contributed by atoms with Gasteiger partial charge in [0.1, 0.15) is 5.02 Å². The predicted octanol–water partition coefficient (Wildman–Crippen LogP) is 3.54. The van der Waals surface area contributed by atoms with Crippen LogP contribution in [0.4, 0.5) is 5.69 Å². The first-order valence-electron chi connectivity index (χ1n) is 6.97. The first-order valence-corrected chi connectivity index (χ1v) is 7.35. The quantitative estimate of drug-likeness (QED) is 0.833. The van der Waals surface area contributed by atoms with Crippen molar-refractivity contribution in [3.05, 3.63) is 21.6 Å². The molecule has 0 saturated heterocycles. The maximum atomic E-state index is 11.8. The van der Waals surface area contributed by atoms with Gasteiger partial charge in [-0.1, -0.05) is 38.3 Å². The average Bonchev–Trinajstić information content (AvgIpc) is 2.35. The molecule has 1 heterocycles. The zero-order valence-corrected chi connectivity index (χ0v) is 13.0. The third-order valence-electron chi connectivity index (χ3n) is 3.10. The van der Waals surface area contributed by atoms with Crippen molar-refractivity contribution in [1.82, 2.24) is 9.78 Å². The topological polar surface area (TPSA) is 46.9 Å². The monoisotopic (exact) mass is 285 g/mol. The van der Waals surface area contributed by atoms with Crippen molar-refractivity contribution in [3.8, 4) is 0 Å². The number of aromatic nitrogens is 2. The van der Waals surface area contributed by atoms with Gasteiger partial charge >= 0.3 is 0 Å². The van der Waals surface area contributed by atoms with Crippen molar-refractivity contribution in [2.75, 3.05) is 5.32 Å².